The molecule has 0 bridgehead atoms. The molecule has 0 radical (unpaired) electrons. The average molecular weight is 246 g/mol. The molecule has 0 amide bonds. The summed E-state index contributed by atoms with van der Waals surface area (Å²) in [4.78, 5) is 0. The Bertz CT molecular complexity index is 324. The molecule has 94 valence electrons. The zero-order valence-corrected chi connectivity index (χ0v) is 10.6. The van der Waals surface area contributed by atoms with Gasteiger partial charge in [-0.1, -0.05) is 19.3 Å². The molecule has 0 aromatic carbocycles. The van der Waals surface area contributed by atoms with E-state index in [2.05, 4.69) is 4.72 Å². The van der Waals surface area contributed by atoms with Gasteiger partial charge in [-0.3, -0.25) is 0 Å². The first-order valence-corrected chi connectivity index (χ1v) is 7.81. The Kier molecular flexibility index (Phi) is 3.56. The van der Waals surface area contributed by atoms with Crippen molar-refractivity contribution >= 4 is 10.0 Å². The summed E-state index contributed by atoms with van der Waals surface area (Å²) in [5.74, 6) is 0. The van der Waals surface area contributed by atoms with Crippen LogP contribution in [-0.4, -0.2) is 26.8 Å². The highest BCUT2D eigenvalue weighted by Crippen LogP contribution is 2.39. The quantitative estimate of drug-likeness (QED) is 0.759. The zero-order valence-electron chi connectivity index (χ0n) is 9.74. The summed E-state index contributed by atoms with van der Waals surface area (Å²) < 4.78 is 26.8. The predicted octanol–water partition coefficient (Wildman–Crippen LogP) is 0.977. The van der Waals surface area contributed by atoms with Crippen LogP contribution in [0.1, 0.15) is 44.9 Å². The molecule has 0 saturated heterocycles. The van der Waals surface area contributed by atoms with E-state index in [0.29, 0.717) is 13.1 Å². The number of sulfonamides is 1. The maximum Gasteiger partial charge on any atom is 0.214 e. The molecular weight excluding hydrogens is 224 g/mol. The molecule has 5 heteroatoms. The molecular formula is C11H22N2O2S. The van der Waals surface area contributed by atoms with Gasteiger partial charge in [0.05, 0.1) is 5.25 Å². The van der Waals surface area contributed by atoms with Gasteiger partial charge in [0, 0.05) is 6.54 Å². The van der Waals surface area contributed by atoms with Gasteiger partial charge in [0.15, 0.2) is 0 Å². The van der Waals surface area contributed by atoms with Gasteiger partial charge < -0.3 is 5.73 Å². The van der Waals surface area contributed by atoms with E-state index in [0.717, 1.165) is 38.5 Å². The highest BCUT2D eigenvalue weighted by molar-refractivity contribution is 7.90. The lowest BCUT2D eigenvalue weighted by Crippen LogP contribution is -2.48. The molecule has 16 heavy (non-hydrogen) atoms. The maximum absolute atomic E-state index is 12.0. The Morgan fingerprint density at radius 2 is 1.81 bits per heavy atom. The number of rotatable bonds is 5. The first-order valence-electron chi connectivity index (χ1n) is 6.27. The second-order valence-electron chi connectivity index (χ2n) is 5.33. The van der Waals surface area contributed by atoms with Crippen LogP contribution in [0.15, 0.2) is 0 Å². The minimum absolute atomic E-state index is 0.0612. The summed E-state index contributed by atoms with van der Waals surface area (Å²) in [6.45, 7) is 1.14. The molecule has 2 rings (SSSR count). The lowest BCUT2D eigenvalue weighted by Gasteiger charge is -2.41. The third-order valence-electron chi connectivity index (χ3n) is 4.24. The highest BCUT2D eigenvalue weighted by atomic mass is 32.2. The Hall–Kier alpha value is -0.130. The molecule has 0 aromatic heterocycles. The molecule has 0 unspecified atom stereocenters. The summed E-state index contributed by atoms with van der Waals surface area (Å²) in [6, 6.07) is 0. The molecule has 2 aliphatic carbocycles. The van der Waals surface area contributed by atoms with Crippen LogP contribution < -0.4 is 10.5 Å². The lowest BCUT2D eigenvalue weighted by molar-refractivity contribution is 0.150. The predicted molar refractivity (Wildman–Crippen MR) is 64.5 cm³/mol. The van der Waals surface area contributed by atoms with Gasteiger partial charge in [0.25, 0.3) is 0 Å². The number of nitrogens with two attached hydrogens (primary N) is 1. The Morgan fingerprint density at radius 1 is 1.19 bits per heavy atom. The van der Waals surface area contributed by atoms with Crippen molar-refractivity contribution in [2.45, 2.75) is 50.2 Å². The summed E-state index contributed by atoms with van der Waals surface area (Å²) in [6.07, 6.45) is 7.06. The lowest BCUT2D eigenvalue weighted by atomic mass is 9.69. The fourth-order valence-electron chi connectivity index (χ4n) is 2.70. The van der Waals surface area contributed by atoms with E-state index in [-0.39, 0.29) is 10.7 Å². The third kappa shape index (κ3) is 2.41. The molecule has 3 N–H and O–H groups in total. The SMILES string of the molecule is NCC1(CNS(=O)(=O)C2CCCC2)CCC1. The van der Waals surface area contributed by atoms with E-state index < -0.39 is 10.0 Å². The van der Waals surface area contributed by atoms with Crippen molar-refractivity contribution in [3.63, 3.8) is 0 Å². The largest absolute Gasteiger partial charge is 0.330 e. The molecule has 0 heterocycles. The first kappa shape index (κ1) is 12.3. The normalized spacial score (nSPS) is 25.6. The Morgan fingerprint density at radius 3 is 2.25 bits per heavy atom. The fraction of sp³-hybridized carbons (Fsp3) is 1.00. The van der Waals surface area contributed by atoms with Gasteiger partial charge in [-0.05, 0) is 37.6 Å². The van der Waals surface area contributed by atoms with Crippen LogP contribution in [0, 0.1) is 5.41 Å². The van der Waals surface area contributed by atoms with Crippen molar-refractivity contribution in [2.24, 2.45) is 11.1 Å². The number of hydrogen-bond donors (Lipinski definition) is 2. The van der Waals surface area contributed by atoms with Crippen molar-refractivity contribution in [3.05, 3.63) is 0 Å². The molecule has 4 nitrogen and oxygen atoms in total. The number of hydrogen-bond acceptors (Lipinski definition) is 3. The maximum atomic E-state index is 12.0. The molecule has 2 aliphatic rings. The fourth-order valence-corrected chi connectivity index (χ4v) is 4.40. The summed E-state index contributed by atoms with van der Waals surface area (Å²) in [5, 5.41) is -0.151. The molecule has 0 spiro atoms. The smallest absolute Gasteiger partial charge is 0.214 e. The average Bonchev–Trinajstić information content (AvgIpc) is 2.70. The molecule has 2 saturated carbocycles. The summed E-state index contributed by atoms with van der Waals surface area (Å²) in [5.41, 5.74) is 5.78. The van der Waals surface area contributed by atoms with Gasteiger partial charge in [0.2, 0.25) is 10.0 Å². The van der Waals surface area contributed by atoms with Crippen molar-refractivity contribution in [2.75, 3.05) is 13.1 Å². The van der Waals surface area contributed by atoms with Gasteiger partial charge >= 0.3 is 0 Å². The van der Waals surface area contributed by atoms with Crippen molar-refractivity contribution in [1.29, 1.82) is 0 Å². The van der Waals surface area contributed by atoms with Crippen LogP contribution in [0.2, 0.25) is 0 Å². The van der Waals surface area contributed by atoms with Crippen LogP contribution >= 0.6 is 0 Å². The Balaban J connectivity index is 1.88. The summed E-state index contributed by atoms with van der Waals surface area (Å²) in [7, 11) is -3.09. The minimum Gasteiger partial charge on any atom is -0.330 e. The zero-order chi connectivity index (χ0) is 11.6. The van der Waals surface area contributed by atoms with Crippen LogP contribution in [0.25, 0.3) is 0 Å². The summed E-state index contributed by atoms with van der Waals surface area (Å²) >= 11 is 0. The molecule has 0 aliphatic heterocycles. The van der Waals surface area contributed by atoms with Crippen molar-refractivity contribution in [3.8, 4) is 0 Å². The van der Waals surface area contributed by atoms with E-state index in [1.807, 2.05) is 0 Å². The van der Waals surface area contributed by atoms with E-state index >= 15 is 0 Å². The second kappa shape index (κ2) is 4.63. The number of nitrogens with one attached hydrogen (secondary N) is 1. The minimum atomic E-state index is -3.09. The molecule has 0 aromatic rings. The highest BCUT2D eigenvalue weighted by Gasteiger charge is 2.38. The van der Waals surface area contributed by atoms with E-state index in [1.165, 1.54) is 6.42 Å². The first-order chi connectivity index (χ1) is 7.58. The molecule has 2 fully saturated rings. The van der Waals surface area contributed by atoms with E-state index in [4.69, 9.17) is 5.73 Å². The molecule has 0 atom stereocenters. The second-order valence-corrected chi connectivity index (χ2v) is 7.38. The van der Waals surface area contributed by atoms with Crippen LogP contribution in [0.3, 0.4) is 0 Å². The van der Waals surface area contributed by atoms with Gasteiger partial charge in [-0.25, -0.2) is 13.1 Å². The van der Waals surface area contributed by atoms with E-state index in [9.17, 15) is 8.42 Å². The van der Waals surface area contributed by atoms with Crippen molar-refractivity contribution in [1.82, 2.24) is 4.72 Å². The Labute approximate surface area is 98.0 Å². The van der Waals surface area contributed by atoms with Crippen LogP contribution in [0.5, 0.6) is 0 Å². The van der Waals surface area contributed by atoms with E-state index in [1.54, 1.807) is 0 Å². The third-order valence-corrected chi connectivity index (χ3v) is 6.13. The monoisotopic (exact) mass is 246 g/mol. The topological polar surface area (TPSA) is 72.2 Å². The van der Waals surface area contributed by atoms with Gasteiger partial charge in [-0.15, -0.1) is 0 Å². The standard InChI is InChI=1S/C11H22N2O2S/c12-8-11(6-3-7-11)9-13-16(14,15)10-4-1-2-5-10/h10,13H,1-9,12H2. The van der Waals surface area contributed by atoms with Crippen LogP contribution in [0.4, 0.5) is 0 Å². The van der Waals surface area contributed by atoms with Crippen LogP contribution in [-0.2, 0) is 10.0 Å². The van der Waals surface area contributed by atoms with Gasteiger partial charge in [-0.2, -0.15) is 0 Å². The van der Waals surface area contributed by atoms with Crippen molar-refractivity contribution < 1.29 is 8.42 Å². The van der Waals surface area contributed by atoms with Gasteiger partial charge in [0.1, 0.15) is 0 Å².